The van der Waals surface area contributed by atoms with Gasteiger partial charge in [0.15, 0.2) is 0 Å². The van der Waals surface area contributed by atoms with Gasteiger partial charge in [0.25, 0.3) is 0 Å². The van der Waals surface area contributed by atoms with Gasteiger partial charge in [0.1, 0.15) is 28.6 Å². The molecule has 3 aromatic carbocycles. The molecular formula is C24H12Br4O6. The fourth-order valence-electron chi connectivity index (χ4n) is 3.31. The van der Waals surface area contributed by atoms with Crippen LogP contribution in [-0.2, 0) is 9.53 Å². The number of phenolic OH excluding ortho intramolecular Hbond substituents is 3. The molecule has 1 heterocycles. The molecular weight excluding hydrogens is 704 g/mol. The topological polar surface area (TPSA) is 104 Å². The molecule has 0 bridgehead atoms. The first-order valence-electron chi connectivity index (χ1n) is 9.45. The van der Waals surface area contributed by atoms with Crippen LogP contribution >= 0.6 is 63.7 Å². The third-order valence-electron chi connectivity index (χ3n) is 4.90. The summed E-state index contributed by atoms with van der Waals surface area (Å²) in [5, 5.41) is 29.7. The molecule has 10 heteroatoms. The van der Waals surface area contributed by atoms with E-state index < -0.39 is 11.8 Å². The first kappa shape index (κ1) is 24.7. The van der Waals surface area contributed by atoms with Crippen LogP contribution in [0.3, 0.4) is 0 Å². The maximum Gasteiger partial charge on any atom is 0.348 e. The van der Waals surface area contributed by atoms with Crippen LogP contribution in [0.4, 0.5) is 0 Å². The van der Waals surface area contributed by atoms with Gasteiger partial charge in [-0.15, -0.1) is 0 Å². The van der Waals surface area contributed by atoms with E-state index in [0.29, 0.717) is 29.0 Å². The number of aromatic hydroxyl groups is 3. The molecule has 172 valence electrons. The number of Topliss-reactive ketones (excluding diaryl/α,β-unsaturated/α-hetero) is 1. The molecule has 0 saturated carbocycles. The number of hydrogen-bond donors (Lipinski definition) is 3. The van der Waals surface area contributed by atoms with Gasteiger partial charge in [-0.3, -0.25) is 4.79 Å². The average molecular weight is 716 g/mol. The zero-order chi connectivity index (χ0) is 24.7. The molecule has 0 aromatic heterocycles. The molecule has 0 fully saturated rings. The van der Waals surface area contributed by atoms with Crippen LogP contribution in [0.1, 0.15) is 21.5 Å². The van der Waals surface area contributed by atoms with Crippen molar-refractivity contribution in [2.45, 2.75) is 0 Å². The Morgan fingerprint density at radius 3 is 1.82 bits per heavy atom. The van der Waals surface area contributed by atoms with Crippen molar-refractivity contribution in [1.29, 1.82) is 0 Å². The summed E-state index contributed by atoms with van der Waals surface area (Å²) < 4.78 is 7.04. The minimum Gasteiger partial charge on any atom is -0.508 e. The van der Waals surface area contributed by atoms with Crippen LogP contribution in [0.15, 0.2) is 77.8 Å². The Kier molecular flexibility index (Phi) is 7.04. The van der Waals surface area contributed by atoms with Crippen molar-refractivity contribution in [3.63, 3.8) is 0 Å². The van der Waals surface area contributed by atoms with Gasteiger partial charge in [-0.2, -0.15) is 0 Å². The number of esters is 1. The van der Waals surface area contributed by atoms with Gasteiger partial charge >= 0.3 is 5.97 Å². The molecule has 6 nitrogen and oxygen atoms in total. The first-order chi connectivity index (χ1) is 16.1. The van der Waals surface area contributed by atoms with E-state index in [0.717, 1.165) is 0 Å². The van der Waals surface area contributed by atoms with Crippen LogP contribution in [0.5, 0.6) is 17.2 Å². The average Bonchev–Trinajstić information content (AvgIpc) is 3.10. The molecule has 34 heavy (non-hydrogen) atoms. The van der Waals surface area contributed by atoms with Crippen LogP contribution in [0.2, 0.25) is 0 Å². The van der Waals surface area contributed by atoms with Gasteiger partial charge in [-0.05, 0) is 129 Å². The molecule has 3 N–H and O–H groups in total. The summed E-state index contributed by atoms with van der Waals surface area (Å²) in [6.07, 6.45) is 1.56. The second-order valence-electron chi connectivity index (χ2n) is 7.15. The van der Waals surface area contributed by atoms with E-state index in [4.69, 9.17) is 4.74 Å². The molecule has 4 rings (SSSR count). The minimum atomic E-state index is -0.837. The Morgan fingerprint density at radius 2 is 1.29 bits per heavy atom. The fourth-order valence-corrected chi connectivity index (χ4v) is 5.72. The Hall–Kier alpha value is -2.40. The second kappa shape index (κ2) is 9.69. The third kappa shape index (κ3) is 4.72. The van der Waals surface area contributed by atoms with Gasteiger partial charge in [-0.25, -0.2) is 4.79 Å². The maximum absolute atomic E-state index is 13.4. The van der Waals surface area contributed by atoms with E-state index >= 15 is 0 Å². The summed E-state index contributed by atoms with van der Waals surface area (Å²) in [5.74, 6) is -1.36. The van der Waals surface area contributed by atoms with Crippen molar-refractivity contribution in [1.82, 2.24) is 0 Å². The number of phenols is 3. The summed E-state index contributed by atoms with van der Waals surface area (Å²) >= 11 is 13.1. The van der Waals surface area contributed by atoms with E-state index in [9.17, 15) is 24.9 Å². The predicted molar refractivity (Wildman–Crippen MR) is 140 cm³/mol. The van der Waals surface area contributed by atoms with Gasteiger partial charge in [0.05, 0.1) is 17.9 Å². The maximum atomic E-state index is 13.4. The van der Waals surface area contributed by atoms with Gasteiger partial charge in [-0.1, -0.05) is 0 Å². The smallest absolute Gasteiger partial charge is 0.348 e. The molecule has 0 radical (unpaired) electrons. The number of carbonyl (C=O) groups excluding carboxylic acids is 2. The number of ketones is 1. The number of allylic oxidation sites excluding steroid dienone is 1. The normalized spacial score (nSPS) is 14.6. The highest BCUT2D eigenvalue weighted by Crippen LogP contribution is 2.43. The molecule has 0 aliphatic carbocycles. The lowest BCUT2D eigenvalue weighted by molar-refractivity contribution is -0.132. The molecule has 1 aliphatic heterocycles. The largest absolute Gasteiger partial charge is 0.508 e. The van der Waals surface area contributed by atoms with E-state index in [1.165, 1.54) is 24.3 Å². The lowest BCUT2D eigenvalue weighted by Crippen LogP contribution is -2.11. The molecule has 0 unspecified atom stereocenters. The lowest BCUT2D eigenvalue weighted by atomic mass is 9.93. The standard InChI is InChI=1S/C24H12Br4O6/c25-14-5-10(6-15(26)22(14)31)7-18-19(12-8-16(27)23(32)17(28)9-12)20(24(33)34-18)21(30)11-1-3-13(29)4-2-11/h1-9,29,31-32H/b18-7-. The van der Waals surface area contributed by atoms with Gasteiger partial charge in [0.2, 0.25) is 5.78 Å². The summed E-state index contributed by atoms with van der Waals surface area (Å²) in [5.41, 5.74) is 1.23. The Bertz CT molecular complexity index is 1380. The molecule has 1 aliphatic rings. The van der Waals surface area contributed by atoms with Crippen LogP contribution < -0.4 is 0 Å². The molecule has 0 amide bonds. The van der Waals surface area contributed by atoms with Crippen LogP contribution in [0.25, 0.3) is 11.6 Å². The Morgan fingerprint density at radius 1 is 0.794 bits per heavy atom. The predicted octanol–water partition coefficient (Wildman–Crippen LogP) is 7.09. The molecule has 0 atom stereocenters. The van der Waals surface area contributed by atoms with Crippen molar-refractivity contribution >= 4 is 87.1 Å². The first-order valence-corrected chi connectivity index (χ1v) is 12.6. The monoisotopic (exact) mass is 712 g/mol. The third-order valence-corrected chi connectivity index (χ3v) is 7.32. The van der Waals surface area contributed by atoms with Crippen molar-refractivity contribution in [2.75, 3.05) is 0 Å². The van der Waals surface area contributed by atoms with E-state index in [1.807, 2.05) is 0 Å². The number of halogens is 4. The van der Waals surface area contributed by atoms with Crippen LogP contribution in [0, 0.1) is 0 Å². The van der Waals surface area contributed by atoms with Crippen molar-refractivity contribution in [3.8, 4) is 17.2 Å². The lowest BCUT2D eigenvalue weighted by Gasteiger charge is -2.10. The van der Waals surface area contributed by atoms with Gasteiger partial charge < -0.3 is 20.1 Å². The fraction of sp³-hybridized carbons (Fsp3) is 0. The number of hydrogen-bond acceptors (Lipinski definition) is 6. The van der Waals surface area contributed by atoms with Crippen molar-refractivity contribution < 1.29 is 29.6 Å². The van der Waals surface area contributed by atoms with Gasteiger partial charge in [0, 0.05) is 11.1 Å². The minimum absolute atomic E-state index is 0.0101. The second-order valence-corrected chi connectivity index (χ2v) is 10.6. The highest BCUT2D eigenvalue weighted by atomic mass is 79.9. The highest BCUT2D eigenvalue weighted by Gasteiger charge is 2.36. The number of carbonyl (C=O) groups is 2. The van der Waals surface area contributed by atoms with E-state index in [2.05, 4.69) is 63.7 Å². The van der Waals surface area contributed by atoms with Crippen LogP contribution in [-0.4, -0.2) is 27.1 Å². The zero-order valence-electron chi connectivity index (χ0n) is 16.8. The quantitative estimate of drug-likeness (QED) is 0.152. The molecule has 3 aromatic rings. The summed E-state index contributed by atoms with van der Waals surface area (Å²) in [6.45, 7) is 0. The number of ether oxygens (including phenoxy) is 1. The number of rotatable bonds is 4. The van der Waals surface area contributed by atoms with E-state index in [1.54, 1.807) is 30.3 Å². The van der Waals surface area contributed by atoms with Crippen molar-refractivity contribution in [2.24, 2.45) is 0 Å². The number of benzene rings is 3. The molecule has 0 saturated heterocycles. The van der Waals surface area contributed by atoms with Crippen molar-refractivity contribution in [3.05, 3.63) is 94.4 Å². The Balaban J connectivity index is 1.96. The Labute approximate surface area is 227 Å². The summed E-state index contributed by atoms with van der Waals surface area (Å²) in [7, 11) is 0. The summed E-state index contributed by atoms with van der Waals surface area (Å²) in [6, 6.07) is 11.9. The van der Waals surface area contributed by atoms with E-state index in [-0.39, 0.29) is 39.7 Å². The summed E-state index contributed by atoms with van der Waals surface area (Å²) in [4.78, 5) is 26.3. The highest BCUT2D eigenvalue weighted by molar-refractivity contribution is 9.11. The molecule has 0 spiro atoms. The SMILES string of the molecule is O=C1O/C(=C\c2cc(Br)c(O)c(Br)c2)C(c2cc(Br)c(O)c(Br)c2)=C1C(=O)c1ccc(O)cc1. The number of cyclic esters (lactones) is 1. The zero-order valence-corrected chi connectivity index (χ0v) is 23.1.